The number of hydrogen-bond acceptors (Lipinski definition) is 3. The second-order valence-electron chi connectivity index (χ2n) is 8.24. The number of rotatable bonds is 4. The monoisotopic (exact) mass is 406 g/mol. The molecule has 3 atom stereocenters. The van der Waals surface area contributed by atoms with Crippen molar-refractivity contribution in [2.75, 3.05) is 18.5 Å². The van der Waals surface area contributed by atoms with E-state index in [1.807, 2.05) is 30.3 Å². The number of benzene rings is 3. The van der Waals surface area contributed by atoms with E-state index in [1.165, 1.54) is 23.8 Å². The lowest BCUT2D eigenvalue weighted by Gasteiger charge is -2.39. The van der Waals surface area contributed by atoms with E-state index in [0.29, 0.717) is 0 Å². The molecule has 1 fully saturated rings. The molecule has 0 spiro atoms. The Morgan fingerprint density at radius 3 is 2.50 bits per heavy atom. The van der Waals surface area contributed by atoms with E-state index in [9.17, 15) is 13.9 Å². The Bertz CT molecular complexity index is 1050. The largest absolute Gasteiger partial charge is 0.394 e. The van der Waals surface area contributed by atoms with Crippen LogP contribution in [0.5, 0.6) is 0 Å². The highest BCUT2D eigenvalue weighted by Crippen LogP contribution is 2.47. The second kappa shape index (κ2) is 7.82. The predicted octanol–water partition coefficient (Wildman–Crippen LogP) is 4.98. The Morgan fingerprint density at radius 1 is 0.933 bits per heavy atom. The molecular formula is C25H24F2N2O. The van der Waals surface area contributed by atoms with Crippen LogP contribution in [0.4, 0.5) is 14.5 Å². The minimum absolute atomic E-state index is 0.000683. The van der Waals surface area contributed by atoms with Crippen molar-refractivity contribution in [3.05, 3.63) is 89.5 Å². The number of anilines is 1. The number of hydrogen-bond donors (Lipinski definition) is 2. The van der Waals surface area contributed by atoms with Gasteiger partial charge in [-0.1, -0.05) is 30.3 Å². The fourth-order valence-corrected chi connectivity index (χ4v) is 5.01. The molecule has 0 bridgehead atoms. The molecule has 3 aromatic rings. The third-order valence-electron chi connectivity index (χ3n) is 6.43. The fraction of sp³-hybridized carbons (Fsp3) is 0.280. The lowest BCUT2D eigenvalue weighted by molar-refractivity contribution is 0.172. The summed E-state index contributed by atoms with van der Waals surface area (Å²) in [4.78, 5) is 2.41. The molecule has 1 saturated heterocycles. The number of likely N-dealkylation sites (tertiary alicyclic amines) is 1. The molecule has 2 aliphatic rings. The van der Waals surface area contributed by atoms with Crippen molar-refractivity contribution in [2.45, 2.75) is 25.0 Å². The Kier molecular flexibility index (Phi) is 5.01. The highest BCUT2D eigenvalue weighted by molar-refractivity contribution is 5.70. The summed E-state index contributed by atoms with van der Waals surface area (Å²) in [6.07, 6.45) is 0.980. The smallest absolute Gasteiger partial charge is 0.123 e. The van der Waals surface area contributed by atoms with Crippen molar-refractivity contribution in [1.82, 2.24) is 4.90 Å². The summed E-state index contributed by atoms with van der Waals surface area (Å²) in [7, 11) is 0. The molecule has 2 aliphatic heterocycles. The van der Waals surface area contributed by atoms with Gasteiger partial charge in [-0.05, 0) is 71.6 Å². The lowest BCUT2D eigenvalue weighted by Crippen LogP contribution is -2.41. The number of halogens is 2. The first-order chi connectivity index (χ1) is 14.6. The Labute approximate surface area is 175 Å². The number of aliphatic hydroxyl groups excluding tert-OH is 1. The molecule has 0 saturated carbocycles. The van der Waals surface area contributed by atoms with Gasteiger partial charge in [0.25, 0.3) is 0 Å². The van der Waals surface area contributed by atoms with Gasteiger partial charge in [-0.3, -0.25) is 4.90 Å². The minimum Gasteiger partial charge on any atom is -0.394 e. The van der Waals surface area contributed by atoms with Gasteiger partial charge in [0.05, 0.1) is 12.6 Å². The summed E-state index contributed by atoms with van der Waals surface area (Å²) in [5.74, 6) is -0.198. The zero-order chi connectivity index (χ0) is 20.7. The van der Waals surface area contributed by atoms with Crippen molar-refractivity contribution in [2.24, 2.45) is 5.92 Å². The van der Waals surface area contributed by atoms with E-state index in [1.54, 1.807) is 12.1 Å². The lowest BCUT2D eigenvalue weighted by atomic mass is 9.82. The molecule has 0 aliphatic carbocycles. The van der Waals surface area contributed by atoms with Crippen LogP contribution in [0.3, 0.4) is 0 Å². The first-order valence-electron chi connectivity index (χ1n) is 10.4. The summed E-state index contributed by atoms with van der Waals surface area (Å²) in [5, 5.41) is 13.5. The van der Waals surface area contributed by atoms with Gasteiger partial charge in [0.15, 0.2) is 0 Å². The SMILES string of the molecule is OC[C@@H]1Nc2ccc(-c3cccc(F)c3)cc2[C@H]2[C@@H]1CCN2Cc1ccc(F)cc1. The molecule has 5 rings (SSSR count). The Balaban J connectivity index is 1.53. The van der Waals surface area contributed by atoms with Crippen LogP contribution in [0.15, 0.2) is 66.7 Å². The van der Waals surface area contributed by atoms with Crippen LogP contribution in [0.2, 0.25) is 0 Å². The van der Waals surface area contributed by atoms with Gasteiger partial charge in [-0.25, -0.2) is 8.78 Å². The molecule has 0 radical (unpaired) electrons. The van der Waals surface area contributed by atoms with Gasteiger partial charge >= 0.3 is 0 Å². The molecule has 3 nitrogen and oxygen atoms in total. The van der Waals surface area contributed by atoms with E-state index in [2.05, 4.69) is 16.3 Å². The molecule has 30 heavy (non-hydrogen) atoms. The van der Waals surface area contributed by atoms with Crippen molar-refractivity contribution in [1.29, 1.82) is 0 Å². The summed E-state index contributed by atoms with van der Waals surface area (Å²) < 4.78 is 27.1. The molecule has 0 aromatic heterocycles. The fourth-order valence-electron chi connectivity index (χ4n) is 5.01. The molecule has 5 heteroatoms. The van der Waals surface area contributed by atoms with Gasteiger partial charge < -0.3 is 10.4 Å². The standard InChI is InChI=1S/C25H24F2N2O/c26-19-7-4-16(5-8-19)14-29-11-10-21-24(15-30)28-23-9-6-18(13-22(23)25(21)29)17-2-1-3-20(27)12-17/h1-9,12-13,21,24-25,28,30H,10-11,14-15H2/t21-,24+,25-/m1/s1. The van der Waals surface area contributed by atoms with Gasteiger partial charge in [0, 0.05) is 24.2 Å². The first-order valence-corrected chi connectivity index (χ1v) is 10.4. The molecule has 154 valence electrons. The van der Waals surface area contributed by atoms with Crippen LogP contribution in [0.25, 0.3) is 11.1 Å². The molecule has 0 amide bonds. The molecule has 0 unspecified atom stereocenters. The van der Waals surface area contributed by atoms with Crippen LogP contribution >= 0.6 is 0 Å². The quantitative estimate of drug-likeness (QED) is 0.641. The van der Waals surface area contributed by atoms with Crippen molar-refractivity contribution in [3.63, 3.8) is 0 Å². The van der Waals surface area contributed by atoms with E-state index in [0.717, 1.165) is 41.9 Å². The summed E-state index contributed by atoms with van der Waals surface area (Å²) in [5.41, 5.74) is 5.08. The maximum absolute atomic E-state index is 13.8. The highest BCUT2D eigenvalue weighted by atomic mass is 19.1. The predicted molar refractivity (Wildman–Crippen MR) is 114 cm³/mol. The highest BCUT2D eigenvalue weighted by Gasteiger charge is 2.43. The molecule has 3 aromatic carbocycles. The Morgan fingerprint density at radius 2 is 1.73 bits per heavy atom. The average molecular weight is 406 g/mol. The molecule has 2 N–H and O–H groups in total. The summed E-state index contributed by atoms with van der Waals surface area (Å²) in [6.45, 7) is 1.72. The zero-order valence-electron chi connectivity index (χ0n) is 16.6. The number of fused-ring (bicyclic) bond motifs is 3. The molecule has 2 heterocycles. The second-order valence-corrected chi connectivity index (χ2v) is 8.24. The van der Waals surface area contributed by atoms with Gasteiger partial charge in [-0.15, -0.1) is 0 Å². The van der Waals surface area contributed by atoms with Gasteiger partial charge in [0.2, 0.25) is 0 Å². The topological polar surface area (TPSA) is 35.5 Å². The van der Waals surface area contributed by atoms with E-state index < -0.39 is 0 Å². The first kappa shape index (κ1) is 19.2. The van der Waals surface area contributed by atoms with Crippen LogP contribution in [0.1, 0.15) is 23.6 Å². The van der Waals surface area contributed by atoms with Gasteiger partial charge in [0.1, 0.15) is 11.6 Å². The Hall–Kier alpha value is -2.76. The van der Waals surface area contributed by atoms with E-state index >= 15 is 0 Å². The molecular weight excluding hydrogens is 382 g/mol. The third kappa shape index (κ3) is 3.48. The maximum Gasteiger partial charge on any atom is 0.123 e. The van der Waals surface area contributed by atoms with Crippen LogP contribution in [-0.2, 0) is 6.54 Å². The van der Waals surface area contributed by atoms with Crippen LogP contribution in [0, 0.1) is 17.6 Å². The zero-order valence-corrected chi connectivity index (χ0v) is 16.6. The van der Waals surface area contributed by atoms with Crippen molar-refractivity contribution >= 4 is 5.69 Å². The summed E-state index contributed by atoms with van der Waals surface area (Å²) >= 11 is 0. The van der Waals surface area contributed by atoms with E-state index in [4.69, 9.17) is 0 Å². The van der Waals surface area contributed by atoms with Gasteiger partial charge in [-0.2, -0.15) is 0 Å². The van der Waals surface area contributed by atoms with Crippen molar-refractivity contribution < 1.29 is 13.9 Å². The van der Waals surface area contributed by atoms with Crippen molar-refractivity contribution in [3.8, 4) is 11.1 Å². The van der Waals surface area contributed by atoms with Crippen LogP contribution in [-0.4, -0.2) is 29.2 Å². The number of nitrogens with one attached hydrogen (secondary N) is 1. The maximum atomic E-state index is 13.8. The number of aliphatic hydroxyl groups is 1. The van der Waals surface area contributed by atoms with Crippen LogP contribution < -0.4 is 5.32 Å². The van der Waals surface area contributed by atoms with E-state index in [-0.39, 0.29) is 36.2 Å². The third-order valence-corrected chi connectivity index (χ3v) is 6.43. The minimum atomic E-state index is -0.250. The normalized spacial score (nSPS) is 23.0. The summed E-state index contributed by atoms with van der Waals surface area (Å²) in [6, 6.07) is 19.6. The number of nitrogens with zero attached hydrogens (tertiary/aromatic N) is 1. The average Bonchev–Trinajstić information content (AvgIpc) is 3.18.